The van der Waals surface area contributed by atoms with E-state index in [1.165, 1.54) is 11.1 Å². The maximum atomic E-state index is 5.32. The Kier molecular flexibility index (Phi) is 3.53. The Morgan fingerprint density at radius 3 is 2.31 bits per heavy atom. The highest BCUT2D eigenvalue weighted by Gasteiger charge is 2.00. The van der Waals surface area contributed by atoms with Crippen molar-refractivity contribution in [1.82, 2.24) is 0 Å². The summed E-state index contributed by atoms with van der Waals surface area (Å²) in [5.74, 6) is 5.94. The molecule has 0 amide bonds. The normalized spacial score (nSPS) is 9.23. The third-order valence-corrected chi connectivity index (χ3v) is 2.27. The lowest BCUT2D eigenvalue weighted by atomic mass is 10.0. The first kappa shape index (κ1) is 10.3. The first-order chi connectivity index (χ1) is 6.15. The predicted molar refractivity (Wildman–Crippen MR) is 59.5 cm³/mol. The van der Waals surface area contributed by atoms with Crippen LogP contribution in [0.4, 0.5) is 0 Å². The molecule has 0 spiro atoms. The van der Waals surface area contributed by atoms with Crippen molar-refractivity contribution in [2.24, 2.45) is 5.73 Å². The highest BCUT2D eigenvalue weighted by atomic mass is 79.9. The quantitative estimate of drug-likeness (QED) is 0.690. The van der Waals surface area contributed by atoms with E-state index in [9.17, 15) is 0 Å². The van der Waals surface area contributed by atoms with E-state index in [0.29, 0.717) is 6.54 Å². The average Bonchev–Trinajstić information content (AvgIpc) is 2.02. The van der Waals surface area contributed by atoms with Gasteiger partial charge >= 0.3 is 0 Å². The highest BCUT2D eigenvalue weighted by molar-refractivity contribution is 9.10. The second-order valence-corrected chi connectivity index (χ2v) is 3.84. The number of hydrogen-bond donors (Lipinski definition) is 1. The Morgan fingerprint density at radius 1 is 1.31 bits per heavy atom. The molecule has 1 rings (SSSR count). The Balaban J connectivity index is 3.21. The van der Waals surface area contributed by atoms with Crippen molar-refractivity contribution >= 4 is 15.9 Å². The van der Waals surface area contributed by atoms with Crippen LogP contribution in [0.2, 0.25) is 0 Å². The van der Waals surface area contributed by atoms with Crippen LogP contribution in [0.3, 0.4) is 0 Å². The zero-order valence-corrected chi connectivity index (χ0v) is 9.40. The maximum absolute atomic E-state index is 5.32. The monoisotopic (exact) mass is 237 g/mol. The van der Waals surface area contributed by atoms with Crippen molar-refractivity contribution in [3.8, 4) is 11.8 Å². The lowest BCUT2D eigenvalue weighted by Gasteiger charge is -2.03. The second-order valence-electron chi connectivity index (χ2n) is 2.92. The summed E-state index contributed by atoms with van der Waals surface area (Å²) in [5, 5.41) is 0. The van der Waals surface area contributed by atoms with Crippen molar-refractivity contribution in [2.45, 2.75) is 13.8 Å². The van der Waals surface area contributed by atoms with E-state index in [4.69, 9.17) is 5.73 Å². The van der Waals surface area contributed by atoms with Crippen molar-refractivity contribution < 1.29 is 0 Å². The first-order valence-electron chi connectivity index (χ1n) is 4.11. The minimum absolute atomic E-state index is 0.412. The van der Waals surface area contributed by atoms with Gasteiger partial charge in [0.05, 0.1) is 6.54 Å². The molecule has 0 unspecified atom stereocenters. The van der Waals surface area contributed by atoms with Gasteiger partial charge in [0.1, 0.15) is 0 Å². The number of rotatable bonds is 0. The van der Waals surface area contributed by atoms with Gasteiger partial charge in [0.25, 0.3) is 0 Å². The number of aryl methyl sites for hydroxylation is 2. The molecular weight excluding hydrogens is 226 g/mol. The van der Waals surface area contributed by atoms with E-state index in [1.807, 2.05) is 0 Å². The van der Waals surface area contributed by atoms with E-state index in [1.54, 1.807) is 0 Å². The molecule has 0 atom stereocenters. The van der Waals surface area contributed by atoms with Gasteiger partial charge in [-0.2, -0.15) is 0 Å². The molecule has 0 aromatic heterocycles. The van der Waals surface area contributed by atoms with Crippen molar-refractivity contribution in [2.75, 3.05) is 6.54 Å². The van der Waals surface area contributed by atoms with Crippen molar-refractivity contribution in [1.29, 1.82) is 0 Å². The fourth-order valence-corrected chi connectivity index (χ4v) is 1.93. The van der Waals surface area contributed by atoms with E-state index >= 15 is 0 Å². The van der Waals surface area contributed by atoms with Crippen LogP contribution in [0.15, 0.2) is 16.6 Å². The van der Waals surface area contributed by atoms with Gasteiger partial charge in [-0.05, 0) is 37.1 Å². The molecule has 1 nitrogen and oxygen atoms in total. The Hall–Kier alpha value is -0.780. The molecule has 1 aromatic carbocycles. The molecule has 0 bridgehead atoms. The largest absolute Gasteiger partial charge is 0.320 e. The van der Waals surface area contributed by atoms with Crippen LogP contribution in [0, 0.1) is 25.7 Å². The smallest absolute Gasteiger partial charge is 0.0555 e. The molecule has 0 aliphatic carbocycles. The molecule has 0 saturated carbocycles. The minimum Gasteiger partial charge on any atom is -0.320 e. The molecule has 68 valence electrons. The lowest BCUT2D eigenvalue weighted by Crippen LogP contribution is -1.94. The fourth-order valence-electron chi connectivity index (χ4n) is 1.25. The molecule has 0 saturated heterocycles. The van der Waals surface area contributed by atoms with E-state index < -0.39 is 0 Å². The van der Waals surface area contributed by atoms with Gasteiger partial charge < -0.3 is 5.73 Å². The lowest BCUT2D eigenvalue weighted by molar-refractivity contribution is 1.29. The van der Waals surface area contributed by atoms with E-state index in [-0.39, 0.29) is 0 Å². The Morgan fingerprint density at radius 2 is 1.85 bits per heavy atom. The van der Waals surface area contributed by atoms with E-state index in [2.05, 4.69) is 53.8 Å². The van der Waals surface area contributed by atoms with Crippen LogP contribution in [0.25, 0.3) is 0 Å². The summed E-state index contributed by atoms with van der Waals surface area (Å²) < 4.78 is 1.10. The van der Waals surface area contributed by atoms with Gasteiger partial charge in [-0.3, -0.25) is 0 Å². The summed E-state index contributed by atoms with van der Waals surface area (Å²) in [7, 11) is 0. The number of halogens is 1. The zero-order chi connectivity index (χ0) is 9.84. The summed E-state index contributed by atoms with van der Waals surface area (Å²) in [6.07, 6.45) is 0. The molecule has 2 N–H and O–H groups in total. The summed E-state index contributed by atoms with van der Waals surface area (Å²) in [5.41, 5.74) is 8.79. The van der Waals surface area contributed by atoms with E-state index in [0.717, 1.165) is 10.0 Å². The summed E-state index contributed by atoms with van der Waals surface area (Å²) in [6.45, 7) is 4.52. The molecule has 0 fully saturated rings. The number of nitrogens with two attached hydrogens (primary N) is 1. The number of benzene rings is 1. The molecule has 0 aliphatic rings. The predicted octanol–water partition coefficient (Wildman–Crippen LogP) is 2.38. The number of hydrogen-bond acceptors (Lipinski definition) is 1. The van der Waals surface area contributed by atoms with Gasteiger partial charge in [0.15, 0.2) is 0 Å². The first-order valence-corrected chi connectivity index (χ1v) is 4.90. The van der Waals surface area contributed by atoms with Crippen LogP contribution < -0.4 is 5.73 Å². The van der Waals surface area contributed by atoms with Gasteiger partial charge in [-0.15, -0.1) is 0 Å². The summed E-state index contributed by atoms with van der Waals surface area (Å²) in [4.78, 5) is 0. The van der Waals surface area contributed by atoms with Crippen LogP contribution in [0.5, 0.6) is 0 Å². The molecule has 1 aromatic rings. The molecule has 0 aliphatic heterocycles. The minimum atomic E-state index is 0.412. The Labute approximate surface area is 87.5 Å². The highest BCUT2D eigenvalue weighted by Crippen LogP contribution is 2.19. The Bertz CT molecular complexity index is 348. The standard InChI is InChI=1S/C11H12BrN/c1-8-6-10(12)7-9(2)11(8)4-3-5-13/h6-7H,5,13H2,1-2H3. The van der Waals surface area contributed by atoms with Crippen LogP contribution in [-0.2, 0) is 0 Å². The van der Waals surface area contributed by atoms with Crippen molar-refractivity contribution in [3.63, 3.8) is 0 Å². The topological polar surface area (TPSA) is 26.0 Å². The SMILES string of the molecule is Cc1cc(Br)cc(C)c1C#CCN. The van der Waals surface area contributed by atoms with Gasteiger partial charge in [0.2, 0.25) is 0 Å². The van der Waals surface area contributed by atoms with Gasteiger partial charge in [0, 0.05) is 10.0 Å². The maximum Gasteiger partial charge on any atom is 0.0555 e. The van der Waals surface area contributed by atoms with Crippen molar-refractivity contribution in [3.05, 3.63) is 33.3 Å². The zero-order valence-electron chi connectivity index (χ0n) is 7.82. The average molecular weight is 238 g/mol. The molecule has 2 heteroatoms. The van der Waals surface area contributed by atoms with Gasteiger partial charge in [-0.25, -0.2) is 0 Å². The third kappa shape index (κ3) is 2.58. The molecule has 0 heterocycles. The molecule has 13 heavy (non-hydrogen) atoms. The summed E-state index contributed by atoms with van der Waals surface area (Å²) in [6, 6.07) is 4.13. The van der Waals surface area contributed by atoms with Gasteiger partial charge in [-0.1, -0.05) is 27.8 Å². The van der Waals surface area contributed by atoms with Crippen LogP contribution in [0.1, 0.15) is 16.7 Å². The van der Waals surface area contributed by atoms with Crippen LogP contribution >= 0.6 is 15.9 Å². The molecule has 0 radical (unpaired) electrons. The third-order valence-electron chi connectivity index (χ3n) is 1.81. The fraction of sp³-hybridized carbons (Fsp3) is 0.273. The van der Waals surface area contributed by atoms with Crippen LogP contribution in [-0.4, -0.2) is 6.54 Å². The molecular formula is C11H12BrN. The second kappa shape index (κ2) is 4.45. The summed E-state index contributed by atoms with van der Waals surface area (Å²) >= 11 is 3.44.